The Morgan fingerprint density at radius 2 is 1.48 bits per heavy atom. The van der Waals surface area contributed by atoms with E-state index in [-0.39, 0.29) is 17.7 Å². The van der Waals surface area contributed by atoms with Crippen LogP contribution in [0.3, 0.4) is 0 Å². The Morgan fingerprint density at radius 3 is 1.96 bits per heavy atom. The van der Waals surface area contributed by atoms with Crippen LogP contribution < -0.4 is 16.0 Å². The molecule has 6 heteroatoms. The average molecular weight is 319 g/mol. The second-order valence-electron chi connectivity index (χ2n) is 6.42. The van der Waals surface area contributed by atoms with Crippen molar-refractivity contribution in [2.75, 3.05) is 17.2 Å². The number of nitrogens with one attached hydrogen (secondary N) is 3. The summed E-state index contributed by atoms with van der Waals surface area (Å²) in [5, 5.41) is 8.24. The molecule has 0 heterocycles. The molecule has 0 radical (unpaired) electrons. The minimum Gasteiger partial charge on any atom is -0.356 e. The van der Waals surface area contributed by atoms with Crippen LogP contribution in [0.25, 0.3) is 0 Å². The van der Waals surface area contributed by atoms with E-state index in [2.05, 4.69) is 16.0 Å². The Morgan fingerprint density at radius 1 is 0.957 bits per heavy atom. The lowest BCUT2D eigenvalue weighted by Crippen LogP contribution is -2.35. The van der Waals surface area contributed by atoms with Gasteiger partial charge in [-0.25, -0.2) is 0 Å². The molecule has 0 saturated carbocycles. The summed E-state index contributed by atoms with van der Waals surface area (Å²) in [5.41, 5.74) is 0.931. The number of hydrogen-bond acceptors (Lipinski definition) is 3. The van der Waals surface area contributed by atoms with Crippen molar-refractivity contribution in [2.45, 2.75) is 40.5 Å². The van der Waals surface area contributed by atoms with Crippen molar-refractivity contribution in [1.82, 2.24) is 5.32 Å². The zero-order valence-electron chi connectivity index (χ0n) is 14.2. The van der Waals surface area contributed by atoms with Crippen molar-refractivity contribution in [3.8, 4) is 0 Å². The molecule has 0 aromatic heterocycles. The van der Waals surface area contributed by atoms with Gasteiger partial charge in [0, 0.05) is 36.7 Å². The molecular weight excluding hydrogens is 294 g/mol. The van der Waals surface area contributed by atoms with E-state index < -0.39 is 5.41 Å². The van der Waals surface area contributed by atoms with Crippen molar-refractivity contribution in [2.24, 2.45) is 5.41 Å². The lowest BCUT2D eigenvalue weighted by atomic mass is 9.96. The summed E-state index contributed by atoms with van der Waals surface area (Å²) in [5.74, 6) is -0.271. The SMILES string of the molecule is CC(=O)Nc1ccc(NC(=O)CCCNC(=O)C(C)(C)C)cc1. The second kappa shape index (κ2) is 8.31. The van der Waals surface area contributed by atoms with Crippen molar-refractivity contribution in [3.05, 3.63) is 24.3 Å². The highest BCUT2D eigenvalue weighted by Gasteiger charge is 2.20. The lowest BCUT2D eigenvalue weighted by molar-refractivity contribution is -0.128. The van der Waals surface area contributed by atoms with Gasteiger partial charge in [0.1, 0.15) is 0 Å². The molecule has 23 heavy (non-hydrogen) atoms. The third kappa shape index (κ3) is 7.44. The fourth-order valence-electron chi connectivity index (χ4n) is 1.78. The van der Waals surface area contributed by atoms with Crippen LogP contribution in [-0.4, -0.2) is 24.3 Å². The third-order valence-corrected chi connectivity index (χ3v) is 3.04. The Balaban J connectivity index is 2.31. The molecule has 0 atom stereocenters. The topological polar surface area (TPSA) is 87.3 Å². The largest absolute Gasteiger partial charge is 0.356 e. The van der Waals surface area contributed by atoms with Gasteiger partial charge in [-0.1, -0.05) is 20.8 Å². The minimum atomic E-state index is -0.419. The van der Waals surface area contributed by atoms with Crippen molar-refractivity contribution in [1.29, 1.82) is 0 Å². The first-order valence-corrected chi connectivity index (χ1v) is 7.64. The molecule has 0 saturated heterocycles. The Kier molecular flexibility index (Phi) is 6.75. The monoisotopic (exact) mass is 319 g/mol. The van der Waals surface area contributed by atoms with Crippen LogP contribution in [0.1, 0.15) is 40.5 Å². The van der Waals surface area contributed by atoms with E-state index >= 15 is 0 Å². The van der Waals surface area contributed by atoms with Crippen LogP contribution in [0.5, 0.6) is 0 Å². The maximum atomic E-state index is 11.8. The van der Waals surface area contributed by atoms with Crippen LogP contribution in [0.4, 0.5) is 11.4 Å². The maximum absolute atomic E-state index is 11.8. The van der Waals surface area contributed by atoms with Gasteiger partial charge in [0.2, 0.25) is 17.7 Å². The second-order valence-corrected chi connectivity index (χ2v) is 6.42. The number of amides is 3. The number of anilines is 2. The lowest BCUT2D eigenvalue weighted by Gasteiger charge is -2.17. The number of benzene rings is 1. The van der Waals surface area contributed by atoms with E-state index in [4.69, 9.17) is 0 Å². The molecular formula is C17H25N3O3. The van der Waals surface area contributed by atoms with E-state index in [1.165, 1.54) is 6.92 Å². The Labute approximate surface area is 137 Å². The number of carbonyl (C=O) groups is 3. The van der Waals surface area contributed by atoms with Gasteiger partial charge >= 0.3 is 0 Å². The van der Waals surface area contributed by atoms with Gasteiger partial charge in [0.05, 0.1) is 0 Å². The minimum absolute atomic E-state index is 0.0218. The van der Waals surface area contributed by atoms with E-state index in [1.54, 1.807) is 24.3 Å². The molecule has 126 valence electrons. The number of rotatable bonds is 6. The van der Waals surface area contributed by atoms with E-state index in [0.717, 1.165) is 0 Å². The molecule has 0 aliphatic carbocycles. The molecule has 1 rings (SSSR count). The summed E-state index contributed by atoms with van der Waals surface area (Å²) in [6.45, 7) is 7.46. The summed E-state index contributed by atoms with van der Waals surface area (Å²) in [6.07, 6.45) is 0.912. The Bertz CT molecular complexity index is 559. The highest BCUT2D eigenvalue weighted by Crippen LogP contribution is 2.14. The summed E-state index contributed by atoms with van der Waals surface area (Å²) >= 11 is 0. The van der Waals surface area contributed by atoms with Crippen LogP contribution >= 0.6 is 0 Å². The smallest absolute Gasteiger partial charge is 0.225 e. The van der Waals surface area contributed by atoms with Crippen LogP contribution in [-0.2, 0) is 14.4 Å². The molecule has 3 N–H and O–H groups in total. The normalized spacial score (nSPS) is 10.8. The predicted molar refractivity (Wildman–Crippen MR) is 91.1 cm³/mol. The average Bonchev–Trinajstić information content (AvgIpc) is 2.44. The fourth-order valence-corrected chi connectivity index (χ4v) is 1.78. The maximum Gasteiger partial charge on any atom is 0.225 e. The predicted octanol–water partition coefficient (Wildman–Crippen LogP) is 2.53. The van der Waals surface area contributed by atoms with Crippen molar-refractivity contribution in [3.63, 3.8) is 0 Å². The van der Waals surface area contributed by atoms with Gasteiger partial charge in [-0.2, -0.15) is 0 Å². The van der Waals surface area contributed by atoms with Crippen LogP contribution in [0, 0.1) is 5.41 Å². The van der Waals surface area contributed by atoms with Gasteiger partial charge < -0.3 is 16.0 Å². The molecule has 1 aromatic carbocycles. The van der Waals surface area contributed by atoms with E-state index in [1.807, 2.05) is 20.8 Å². The first kappa shape index (κ1) is 18.7. The molecule has 0 unspecified atom stereocenters. The summed E-state index contributed by atoms with van der Waals surface area (Å²) in [6, 6.07) is 6.90. The summed E-state index contributed by atoms with van der Waals surface area (Å²) in [4.78, 5) is 34.4. The zero-order chi connectivity index (χ0) is 17.5. The van der Waals surface area contributed by atoms with Crippen molar-refractivity contribution < 1.29 is 14.4 Å². The standard InChI is InChI=1S/C17H25N3O3/c1-12(21)19-13-7-9-14(10-8-13)20-15(22)6-5-11-18-16(23)17(2,3)4/h7-10H,5-6,11H2,1-4H3,(H,18,23)(H,19,21)(H,20,22). The zero-order valence-corrected chi connectivity index (χ0v) is 14.2. The molecule has 0 spiro atoms. The van der Waals surface area contributed by atoms with E-state index in [0.29, 0.717) is 30.8 Å². The first-order chi connectivity index (χ1) is 10.7. The van der Waals surface area contributed by atoms with Gasteiger partial charge in [-0.15, -0.1) is 0 Å². The molecule has 0 bridgehead atoms. The molecule has 0 aliphatic heterocycles. The number of carbonyl (C=O) groups excluding carboxylic acids is 3. The molecule has 0 fully saturated rings. The van der Waals surface area contributed by atoms with Crippen LogP contribution in [0.2, 0.25) is 0 Å². The van der Waals surface area contributed by atoms with Gasteiger partial charge in [0.15, 0.2) is 0 Å². The highest BCUT2D eigenvalue weighted by atomic mass is 16.2. The fraction of sp³-hybridized carbons (Fsp3) is 0.471. The quantitative estimate of drug-likeness (QED) is 0.704. The third-order valence-electron chi connectivity index (χ3n) is 3.04. The summed E-state index contributed by atoms with van der Waals surface area (Å²) in [7, 11) is 0. The van der Waals surface area contributed by atoms with Crippen LogP contribution in [0.15, 0.2) is 24.3 Å². The Hall–Kier alpha value is -2.37. The molecule has 3 amide bonds. The van der Waals surface area contributed by atoms with Gasteiger partial charge in [0.25, 0.3) is 0 Å². The van der Waals surface area contributed by atoms with E-state index in [9.17, 15) is 14.4 Å². The molecule has 6 nitrogen and oxygen atoms in total. The van der Waals surface area contributed by atoms with Crippen molar-refractivity contribution >= 4 is 29.1 Å². The van der Waals surface area contributed by atoms with Gasteiger partial charge in [-0.05, 0) is 30.7 Å². The number of hydrogen-bond donors (Lipinski definition) is 3. The first-order valence-electron chi connectivity index (χ1n) is 7.64. The molecule has 1 aromatic rings. The highest BCUT2D eigenvalue weighted by molar-refractivity contribution is 5.92. The molecule has 0 aliphatic rings. The van der Waals surface area contributed by atoms with Gasteiger partial charge in [-0.3, -0.25) is 14.4 Å². The summed E-state index contributed by atoms with van der Waals surface area (Å²) < 4.78 is 0.